The summed E-state index contributed by atoms with van der Waals surface area (Å²) in [5.74, 6) is -0.0567. The average molecular weight is 435 g/mol. The summed E-state index contributed by atoms with van der Waals surface area (Å²) in [6, 6.07) is 9.54. The highest BCUT2D eigenvalue weighted by molar-refractivity contribution is 7.71. The maximum atomic E-state index is 12.5. The molecule has 148 valence electrons. The number of benzene rings is 1. The minimum Gasteiger partial charge on any atom is -0.396 e. The van der Waals surface area contributed by atoms with Crippen LogP contribution in [0.2, 0.25) is 5.02 Å². The summed E-state index contributed by atoms with van der Waals surface area (Å²) in [6.45, 7) is 3.54. The minimum absolute atomic E-state index is 0.0567. The van der Waals surface area contributed by atoms with E-state index >= 15 is 0 Å². The van der Waals surface area contributed by atoms with Crippen LogP contribution in [0.3, 0.4) is 0 Å². The number of aliphatic hydroxyl groups excluding tert-OH is 1. The maximum Gasteiger partial charge on any atom is 0.224 e. The normalized spacial score (nSPS) is 11.1. The highest BCUT2D eigenvalue weighted by Crippen LogP contribution is 2.29. The van der Waals surface area contributed by atoms with Crippen molar-refractivity contribution in [3.63, 3.8) is 0 Å². The molecule has 0 aliphatic rings. The first-order valence-electron chi connectivity index (χ1n) is 9.28. The van der Waals surface area contributed by atoms with E-state index < -0.39 is 0 Å². The van der Waals surface area contributed by atoms with E-state index in [1.165, 1.54) is 4.88 Å². The summed E-state index contributed by atoms with van der Waals surface area (Å²) < 4.78 is 2.90. The number of amides is 1. The highest BCUT2D eigenvalue weighted by Gasteiger charge is 2.13. The van der Waals surface area contributed by atoms with Gasteiger partial charge in [0.1, 0.15) is 4.83 Å². The van der Waals surface area contributed by atoms with Gasteiger partial charge >= 0.3 is 0 Å². The smallest absolute Gasteiger partial charge is 0.224 e. The van der Waals surface area contributed by atoms with E-state index in [0.717, 1.165) is 45.2 Å². The molecule has 0 saturated heterocycles. The minimum atomic E-state index is -0.0567. The molecule has 0 fully saturated rings. The highest BCUT2D eigenvalue weighted by atomic mass is 35.5. The van der Waals surface area contributed by atoms with Crippen molar-refractivity contribution in [1.29, 1.82) is 0 Å². The number of fused-ring (bicyclic) bond motifs is 1. The van der Waals surface area contributed by atoms with Gasteiger partial charge in [0.15, 0.2) is 0 Å². The van der Waals surface area contributed by atoms with Crippen molar-refractivity contribution in [2.75, 3.05) is 6.61 Å². The fraction of sp³-hybridized carbons (Fsp3) is 0.333. The lowest BCUT2D eigenvalue weighted by atomic mass is 10.1. The molecule has 28 heavy (non-hydrogen) atoms. The van der Waals surface area contributed by atoms with E-state index in [9.17, 15) is 4.79 Å². The Balaban J connectivity index is 1.77. The van der Waals surface area contributed by atoms with Gasteiger partial charge < -0.3 is 15.0 Å². The molecule has 0 unspecified atom stereocenters. The first-order valence-corrected chi connectivity index (χ1v) is 10.9. The molecule has 0 spiro atoms. The molecule has 0 aliphatic carbocycles. The van der Waals surface area contributed by atoms with E-state index in [0.29, 0.717) is 11.6 Å². The second-order valence-electron chi connectivity index (χ2n) is 6.61. The standard InChI is InChI=1S/C21H23ClN2O2S2/c1-2-24-13-15(10-19(26)23-12-14-5-7-16(22)8-6-14)20(27)18-11-17(4-3-9-25)28-21(18)24/h5-8,11,13,25H,2-4,9-10,12H2,1H3,(H,23,26). The fourth-order valence-electron chi connectivity index (χ4n) is 3.06. The average Bonchev–Trinajstić information content (AvgIpc) is 3.13. The van der Waals surface area contributed by atoms with Crippen LogP contribution in [0.25, 0.3) is 10.2 Å². The lowest BCUT2D eigenvalue weighted by Gasteiger charge is -2.10. The molecule has 0 saturated carbocycles. The van der Waals surface area contributed by atoms with Crippen LogP contribution in [0.15, 0.2) is 36.5 Å². The van der Waals surface area contributed by atoms with Gasteiger partial charge in [0.25, 0.3) is 0 Å². The van der Waals surface area contributed by atoms with Gasteiger partial charge in [0.05, 0.1) is 10.9 Å². The van der Waals surface area contributed by atoms with Crippen molar-refractivity contribution in [2.45, 2.75) is 39.3 Å². The molecule has 0 atom stereocenters. The second kappa shape index (κ2) is 9.65. The Labute approximate surface area is 178 Å². The molecule has 2 heterocycles. The second-order valence-corrected chi connectivity index (χ2v) is 8.57. The van der Waals surface area contributed by atoms with Crippen molar-refractivity contribution in [3.05, 3.63) is 62.1 Å². The number of thiophene rings is 1. The van der Waals surface area contributed by atoms with Gasteiger partial charge in [-0.25, -0.2) is 0 Å². The Morgan fingerprint density at radius 1 is 1.32 bits per heavy atom. The molecule has 3 aromatic rings. The van der Waals surface area contributed by atoms with Crippen molar-refractivity contribution < 1.29 is 9.90 Å². The zero-order chi connectivity index (χ0) is 20.1. The third-order valence-corrected chi connectivity index (χ3v) is 6.51. The Morgan fingerprint density at radius 3 is 2.75 bits per heavy atom. The van der Waals surface area contributed by atoms with Crippen molar-refractivity contribution in [1.82, 2.24) is 9.88 Å². The molecular formula is C21H23ClN2O2S2. The number of aliphatic hydroxyl groups is 1. The predicted molar refractivity (Wildman–Crippen MR) is 119 cm³/mol. The Kier molecular flexibility index (Phi) is 7.24. The fourth-order valence-corrected chi connectivity index (χ4v) is 4.77. The van der Waals surface area contributed by atoms with E-state index in [1.807, 2.05) is 30.5 Å². The molecule has 3 rings (SSSR count). The van der Waals surface area contributed by atoms with Crippen molar-refractivity contribution in [2.24, 2.45) is 0 Å². The van der Waals surface area contributed by atoms with Crippen LogP contribution in [0.1, 0.15) is 29.3 Å². The first kappa shape index (κ1) is 21.0. The summed E-state index contributed by atoms with van der Waals surface area (Å²) in [5.41, 5.74) is 1.87. The van der Waals surface area contributed by atoms with E-state index in [1.54, 1.807) is 11.3 Å². The number of hydrogen-bond acceptors (Lipinski definition) is 4. The summed E-state index contributed by atoms with van der Waals surface area (Å²) in [5, 5.41) is 13.7. The molecule has 0 radical (unpaired) electrons. The Hall–Kier alpha value is -1.73. The quantitative estimate of drug-likeness (QED) is 0.496. The van der Waals surface area contributed by atoms with Crippen molar-refractivity contribution >= 4 is 51.3 Å². The summed E-state index contributed by atoms with van der Waals surface area (Å²) in [4.78, 5) is 14.8. The number of pyridine rings is 1. The lowest BCUT2D eigenvalue weighted by Crippen LogP contribution is -2.24. The van der Waals surface area contributed by atoms with Gasteiger partial charge in [-0.3, -0.25) is 4.79 Å². The van der Waals surface area contributed by atoms with E-state index in [4.69, 9.17) is 28.9 Å². The number of aryl methyl sites for hydroxylation is 2. The summed E-state index contributed by atoms with van der Waals surface area (Å²) in [6.07, 6.45) is 3.83. The van der Waals surface area contributed by atoms with Gasteiger partial charge in [-0.05, 0) is 49.1 Å². The molecule has 0 bridgehead atoms. The molecule has 0 aliphatic heterocycles. The summed E-state index contributed by atoms with van der Waals surface area (Å²) in [7, 11) is 0. The van der Waals surface area contributed by atoms with Crippen LogP contribution < -0.4 is 5.32 Å². The molecule has 2 N–H and O–H groups in total. The van der Waals surface area contributed by atoms with Crippen LogP contribution in [0.5, 0.6) is 0 Å². The predicted octanol–water partition coefficient (Wildman–Crippen LogP) is 4.89. The van der Waals surface area contributed by atoms with Gasteiger partial charge in [-0.15, -0.1) is 11.3 Å². The third kappa shape index (κ3) is 5.00. The molecular weight excluding hydrogens is 412 g/mol. The topological polar surface area (TPSA) is 54.3 Å². The van der Waals surface area contributed by atoms with Crippen LogP contribution in [0, 0.1) is 4.51 Å². The van der Waals surface area contributed by atoms with Gasteiger partial charge in [0, 0.05) is 41.2 Å². The number of nitrogens with zero attached hydrogens (tertiary/aromatic N) is 1. The van der Waals surface area contributed by atoms with Crippen LogP contribution >= 0.6 is 35.2 Å². The largest absolute Gasteiger partial charge is 0.396 e. The van der Waals surface area contributed by atoms with Gasteiger partial charge in [-0.2, -0.15) is 0 Å². The van der Waals surface area contributed by atoms with E-state index in [-0.39, 0.29) is 18.9 Å². The number of rotatable bonds is 8. The number of carbonyl (C=O) groups is 1. The molecule has 7 heteroatoms. The molecule has 1 amide bonds. The molecule has 4 nitrogen and oxygen atoms in total. The monoisotopic (exact) mass is 434 g/mol. The SMILES string of the molecule is CCn1cc(CC(=O)NCc2ccc(Cl)cc2)c(=S)c2cc(CCCO)sc21. The van der Waals surface area contributed by atoms with E-state index in [2.05, 4.69) is 22.9 Å². The number of nitrogens with one attached hydrogen (secondary N) is 1. The van der Waals surface area contributed by atoms with Crippen LogP contribution in [-0.4, -0.2) is 22.2 Å². The van der Waals surface area contributed by atoms with Crippen LogP contribution in [-0.2, 0) is 30.7 Å². The third-order valence-electron chi connectivity index (χ3n) is 4.55. The number of aromatic nitrogens is 1. The maximum absolute atomic E-state index is 12.5. The Morgan fingerprint density at radius 2 is 2.07 bits per heavy atom. The Bertz CT molecular complexity index is 1030. The number of halogens is 1. The van der Waals surface area contributed by atoms with Gasteiger partial charge in [-0.1, -0.05) is 36.0 Å². The summed E-state index contributed by atoms with van der Waals surface area (Å²) >= 11 is 13.3. The zero-order valence-corrected chi connectivity index (χ0v) is 18.1. The number of carbonyl (C=O) groups excluding carboxylic acids is 1. The lowest BCUT2D eigenvalue weighted by molar-refractivity contribution is -0.120. The van der Waals surface area contributed by atoms with Crippen molar-refractivity contribution in [3.8, 4) is 0 Å². The molecule has 2 aromatic heterocycles. The number of hydrogen-bond donors (Lipinski definition) is 2. The first-order chi connectivity index (χ1) is 13.5. The van der Waals surface area contributed by atoms with Gasteiger partial charge in [0.2, 0.25) is 5.91 Å². The zero-order valence-electron chi connectivity index (χ0n) is 15.7. The van der Waals surface area contributed by atoms with Crippen LogP contribution in [0.4, 0.5) is 0 Å². The molecule has 1 aromatic carbocycles.